The van der Waals surface area contributed by atoms with Crippen molar-refractivity contribution in [2.75, 3.05) is 6.61 Å². The molecular formula is C10H16O2. The molecule has 0 spiro atoms. The van der Waals surface area contributed by atoms with Crippen LogP contribution >= 0.6 is 0 Å². The van der Waals surface area contributed by atoms with Crippen LogP contribution in [0.25, 0.3) is 0 Å². The molecule has 2 heteroatoms. The summed E-state index contributed by atoms with van der Waals surface area (Å²) in [5.74, 6) is 2.01. The number of carbonyl (C=O) groups is 1. The second kappa shape index (κ2) is 2.75. The molecule has 1 unspecified atom stereocenters. The Kier molecular flexibility index (Phi) is 1.85. The molecule has 0 amide bonds. The summed E-state index contributed by atoms with van der Waals surface area (Å²) in [5, 5.41) is 0. The van der Waals surface area contributed by atoms with Crippen LogP contribution in [0.1, 0.15) is 26.7 Å². The first kappa shape index (κ1) is 8.09. The van der Waals surface area contributed by atoms with Crippen molar-refractivity contribution in [3.05, 3.63) is 0 Å². The van der Waals surface area contributed by atoms with Crippen LogP contribution in [0.5, 0.6) is 0 Å². The summed E-state index contributed by atoms with van der Waals surface area (Å²) in [4.78, 5) is 11.4. The van der Waals surface area contributed by atoms with Crippen LogP contribution in [0.4, 0.5) is 0 Å². The normalized spacial score (nSPS) is 47.0. The van der Waals surface area contributed by atoms with E-state index in [1.807, 2.05) is 0 Å². The van der Waals surface area contributed by atoms with Gasteiger partial charge in [0.2, 0.25) is 0 Å². The second-order valence-corrected chi connectivity index (χ2v) is 4.35. The van der Waals surface area contributed by atoms with Gasteiger partial charge in [-0.2, -0.15) is 0 Å². The van der Waals surface area contributed by atoms with Crippen LogP contribution in [-0.2, 0) is 9.53 Å². The van der Waals surface area contributed by atoms with Gasteiger partial charge in [0.15, 0.2) is 0 Å². The number of hydrogen-bond acceptors (Lipinski definition) is 2. The van der Waals surface area contributed by atoms with Gasteiger partial charge in [0.1, 0.15) is 0 Å². The molecule has 0 aromatic carbocycles. The van der Waals surface area contributed by atoms with Crippen LogP contribution in [0.15, 0.2) is 0 Å². The minimum Gasteiger partial charge on any atom is -0.465 e. The fraction of sp³-hybridized carbons (Fsp3) is 0.900. The van der Waals surface area contributed by atoms with Crippen LogP contribution in [0.2, 0.25) is 0 Å². The van der Waals surface area contributed by atoms with E-state index >= 15 is 0 Å². The lowest BCUT2D eigenvalue weighted by molar-refractivity contribution is -0.160. The number of rotatable bonds is 0. The number of hydrogen-bond donors (Lipinski definition) is 0. The van der Waals surface area contributed by atoms with E-state index < -0.39 is 0 Å². The van der Waals surface area contributed by atoms with Gasteiger partial charge in [0, 0.05) is 0 Å². The molecule has 12 heavy (non-hydrogen) atoms. The van der Waals surface area contributed by atoms with E-state index in [-0.39, 0.29) is 11.9 Å². The summed E-state index contributed by atoms with van der Waals surface area (Å²) in [5.41, 5.74) is 0. The Morgan fingerprint density at radius 1 is 1.25 bits per heavy atom. The second-order valence-electron chi connectivity index (χ2n) is 4.35. The molecule has 1 heterocycles. The number of fused-ring (bicyclic) bond motifs is 1. The van der Waals surface area contributed by atoms with Crippen LogP contribution < -0.4 is 0 Å². The SMILES string of the molecule is CC1CC[C@H]2[C@@H](C)COC(=O)[C@@H]12. The first-order valence-electron chi connectivity index (χ1n) is 4.87. The third kappa shape index (κ3) is 1.05. The standard InChI is InChI=1S/C10H16O2/c1-6-3-4-8-7(2)5-12-10(11)9(6)8/h6-9H,3-5H2,1-2H3/t6?,7-,8-,9-/m0/s1. The van der Waals surface area contributed by atoms with Crippen molar-refractivity contribution in [2.24, 2.45) is 23.7 Å². The maximum absolute atomic E-state index is 11.4. The fourth-order valence-electron chi connectivity index (χ4n) is 2.72. The summed E-state index contributed by atoms with van der Waals surface area (Å²) in [6.45, 7) is 5.01. The summed E-state index contributed by atoms with van der Waals surface area (Å²) in [7, 11) is 0. The van der Waals surface area contributed by atoms with Gasteiger partial charge in [-0.3, -0.25) is 4.79 Å². The molecule has 0 bridgehead atoms. The van der Waals surface area contributed by atoms with Crippen molar-refractivity contribution in [3.8, 4) is 0 Å². The van der Waals surface area contributed by atoms with Crippen LogP contribution in [0.3, 0.4) is 0 Å². The molecule has 0 N–H and O–H groups in total. The van der Waals surface area contributed by atoms with Gasteiger partial charge >= 0.3 is 5.97 Å². The molecule has 2 rings (SSSR count). The zero-order valence-electron chi connectivity index (χ0n) is 7.75. The zero-order chi connectivity index (χ0) is 8.72. The van der Waals surface area contributed by atoms with Gasteiger partial charge in [-0.25, -0.2) is 0 Å². The number of cyclic esters (lactones) is 1. The van der Waals surface area contributed by atoms with E-state index in [1.165, 1.54) is 12.8 Å². The number of ether oxygens (including phenoxy) is 1. The van der Waals surface area contributed by atoms with E-state index in [9.17, 15) is 4.79 Å². The summed E-state index contributed by atoms with van der Waals surface area (Å²) in [6.07, 6.45) is 2.43. The monoisotopic (exact) mass is 168 g/mol. The molecule has 1 saturated carbocycles. The Labute approximate surface area is 73.3 Å². The summed E-state index contributed by atoms with van der Waals surface area (Å²) >= 11 is 0. The highest BCUT2D eigenvalue weighted by molar-refractivity contribution is 5.74. The molecule has 2 fully saturated rings. The third-order valence-electron chi connectivity index (χ3n) is 3.52. The van der Waals surface area contributed by atoms with Crippen molar-refractivity contribution >= 4 is 5.97 Å². The predicted molar refractivity (Wildman–Crippen MR) is 45.5 cm³/mol. The minimum atomic E-state index is 0.0584. The predicted octanol–water partition coefficient (Wildman–Crippen LogP) is 1.84. The van der Waals surface area contributed by atoms with Gasteiger partial charge in [0.25, 0.3) is 0 Å². The van der Waals surface area contributed by atoms with Gasteiger partial charge in [-0.15, -0.1) is 0 Å². The van der Waals surface area contributed by atoms with E-state index in [2.05, 4.69) is 13.8 Å². The smallest absolute Gasteiger partial charge is 0.309 e. The van der Waals surface area contributed by atoms with Crippen molar-refractivity contribution in [3.63, 3.8) is 0 Å². The molecule has 2 nitrogen and oxygen atoms in total. The molecule has 0 aromatic rings. The Bertz CT molecular complexity index is 200. The Morgan fingerprint density at radius 2 is 2.00 bits per heavy atom. The molecule has 0 radical (unpaired) electrons. The first-order chi connectivity index (χ1) is 5.70. The lowest BCUT2D eigenvalue weighted by atomic mass is 9.81. The van der Waals surface area contributed by atoms with Crippen molar-refractivity contribution in [2.45, 2.75) is 26.7 Å². The molecule has 0 aromatic heterocycles. The fourth-order valence-corrected chi connectivity index (χ4v) is 2.72. The molecule has 1 aliphatic carbocycles. The van der Waals surface area contributed by atoms with E-state index in [4.69, 9.17) is 4.74 Å². The Balaban J connectivity index is 2.18. The average molecular weight is 168 g/mol. The third-order valence-corrected chi connectivity index (χ3v) is 3.52. The van der Waals surface area contributed by atoms with Crippen molar-refractivity contribution < 1.29 is 9.53 Å². The molecule has 2 aliphatic rings. The summed E-state index contributed by atoms with van der Waals surface area (Å²) in [6, 6.07) is 0. The lowest BCUT2D eigenvalue weighted by Gasteiger charge is -2.31. The molecular weight excluding hydrogens is 152 g/mol. The Hall–Kier alpha value is -0.530. The maximum atomic E-state index is 11.4. The minimum absolute atomic E-state index is 0.0584. The number of esters is 1. The zero-order valence-corrected chi connectivity index (χ0v) is 7.75. The van der Waals surface area contributed by atoms with Crippen LogP contribution in [0, 0.1) is 23.7 Å². The van der Waals surface area contributed by atoms with Crippen molar-refractivity contribution in [1.29, 1.82) is 0 Å². The summed E-state index contributed by atoms with van der Waals surface area (Å²) < 4.78 is 5.14. The van der Waals surface area contributed by atoms with Crippen LogP contribution in [-0.4, -0.2) is 12.6 Å². The van der Waals surface area contributed by atoms with E-state index in [0.29, 0.717) is 24.4 Å². The van der Waals surface area contributed by atoms with Crippen molar-refractivity contribution in [1.82, 2.24) is 0 Å². The first-order valence-corrected chi connectivity index (χ1v) is 4.87. The van der Waals surface area contributed by atoms with Gasteiger partial charge in [-0.1, -0.05) is 13.8 Å². The average Bonchev–Trinajstić information content (AvgIpc) is 2.42. The molecule has 1 aliphatic heterocycles. The number of carbonyl (C=O) groups excluding carboxylic acids is 1. The molecule has 4 atom stereocenters. The van der Waals surface area contributed by atoms with Gasteiger partial charge in [-0.05, 0) is 30.6 Å². The maximum Gasteiger partial charge on any atom is 0.309 e. The topological polar surface area (TPSA) is 26.3 Å². The van der Waals surface area contributed by atoms with Gasteiger partial charge in [0.05, 0.1) is 12.5 Å². The molecule has 1 saturated heterocycles. The quantitative estimate of drug-likeness (QED) is 0.516. The van der Waals surface area contributed by atoms with E-state index in [0.717, 1.165) is 0 Å². The highest BCUT2D eigenvalue weighted by Crippen LogP contribution is 2.44. The largest absolute Gasteiger partial charge is 0.465 e. The lowest BCUT2D eigenvalue weighted by Crippen LogP contribution is -2.37. The highest BCUT2D eigenvalue weighted by atomic mass is 16.5. The van der Waals surface area contributed by atoms with Gasteiger partial charge < -0.3 is 4.74 Å². The Morgan fingerprint density at radius 3 is 2.67 bits per heavy atom. The van der Waals surface area contributed by atoms with E-state index in [1.54, 1.807) is 0 Å². The highest BCUT2D eigenvalue weighted by Gasteiger charge is 2.45. The molecule has 68 valence electrons.